The molecule has 0 aliphatic heterocycles. The van der Waals surface area contributed by atoms with Crippen molar-refractivity contribution in [3.63, 3.8) is 0 Å². The molecule has 0 heterocycles. The van der Waals surface area contributed by atoms with E-state index >= 15 is 0 Å². The molecule has 0 aromatic rings. The lowest BCUT2D eigenvalue weighted by Gasteiger charge is -2.05. The van der Waals surface area contributed by atoms with Gasteiger partial charge in [0, 0.05) is 5.57 Å². The van der Waals surface area contributed by atoms with Crippen LogP contribution in [0.4, 0.5) is 0 Å². The van der Waals surface area contributed by atoms with E-state index in [1.54, 1.807) is 0 Å². The quantitative estimate of drug-likeness (QED) is 0.342. The Labute approximate surface area is 109 Å². The lowest BCUT2D eigenvalue weighted by Crippen LogP contribution is -2.12. The molecule has 0 aromatic heterocycles. The minimum atomic E-state index is -0.563. The summed E-state index contributed by atoms with van der Waals surface area (Å²) in [5.41, 5.74) is 0.130. The van der Waals surface area contributed by atoms with E-state index in [9.17, 15) is 9.59 Å². The van der Waals surface area contributed by atoms with Gasteiger partial charge >= 0.3 is 11.9 Å². The van der Waals surface area contributed by atoms with E-state index in [1.807, 2.05) is 0 Å². The molecule has 0 aliphatic rings. The Morgan fingerprint density at radius 1 is 1.06 bits per heavy atom. The molecule has 0 bridgehead atoms. The number of esters is 2. The van der Waals surface area contributed by atoms with Crippen LogP contribution in [0, 0.1) is 0 Å². The number of hydrogen-bond donors (Lipinski definition) is 0. The number of methoxy groups -OCH3 is 1. The smallest absolute Gasteiger partial charge is 0.333 e. The van der Waals surface area contributed by atoms with Crippen LogP contribution in [0.25, 0.3) is 0 Å². The van der Waals surface area contributed by atoms with Gasteiger partial charge in [0.2, 0.25) is 0 Å². The largest absolute Gasteiger partial charge is 0.466 e. The lowest BCUT2D eigenvalue weighted by atomic mass is 10.1. The van der Waals surface area contributed by atoms with E-state index in [0.717, 1.165) is 12.8 Å². The Morgan fingerprint density at radius 2 is 1.67 bits per heavy atom. The number of carbonyl (C=O) groups is 2. The van der Waals surface area contributed by atoms with Crippen molar-refractivity contribution in [2.45, 2.75) is 51.9 Å². The summed E-state index contributed by atoms with van der Waals surface area (Å²) in [7, 11) is 1.26. The lowest BCUT2D eigenvalue weighted by molar-refractivity contribution is -0.145. The SMILES string of the molecule is C=C(CC(=O)OCCCCCCCC)C(=O)OC. The Morgan fingerprint density at radius 3 is 2.28 bits per heavy atom. The van der Waals surface area contributed by atoms with E-state index in [4.69, 9.17) is 4.74 Å². The molecule has 0 saturated carbocycles. The van der Waals surface area contributed by atoms with Gasteiger partial charge in [0.1, 0.15) is 0 Å². The van der Waals surface area contributed by atoms with Gasteiger partial charge in [0.05, 0.1) is 20.1 Å². The van der Waals surface area contributed by atoms with E-state index in [2.05, 4.69) is 18.2 Å². The highest BCUT2D eigenvalue weighted by atomic mass is 16.5. The van der Waals surface area contributed by atoms with Crippen LogP contribution in [0.2, 0.25) is 0 Å². The third-order valence-corrected chi connectivity index (χ3v) is 2.59. The van der Waals surface area contributed by atoms with Crippen molar-refractivity contribution in [2.24, 2.45) is 0 Å². The van der Waals surface area contributed by atoms with Crippen molar-refractivity contribution in [1.29, 1.82) is 0 Å². The van der Waals surface area contributed by atoms with Gasteiger partial charge in [-0.2, -0.15) is 0 Å². The minimum absolute atomic E-state index is 0.0947. The van der Waals surface area contributed by atoms with Crippen LogP contribution in [0.3, 0.4) is 0 Å². The normalized spacial score (nSPS) is 9.89. The fourth-order valence-electron chi connectivity index (χ4n) is 1.51. The summed E-state index contributed by atoms with van der Waals surface area (Å²) < 4.78 is 9.45. The molecule has 4 nitrogen and oxygen atoms in total. The van der Waals surface area contributed by atoms with Gasteiger partial charge in [-0.15, -0.1) is 0 Å². The highest BCUT2D eigenvalue weighted by Gasteiger charge is 2.12. The molecule has 0 unspecified atom stereocenters. The second-order valence-electron chi connectivity index (χ2n) is 4.26. The summed E-state index contributed by atoms with van der Waals surface area (Å²) in [5.74, 6) is -0.981. The highest BCUT2D eigenvalue weighted by Crippen LogP contribution is 2.06. The molecule has 104 valence electrons. The van der Waals surface area contributed by atoms with Crippen molar-refractivity contribution in [3.8, 4) is 0 Å². The van der Waals surface area contributed by atoms with Gasteiger partial charge in [0.25, 0.3) is 0 Å². The maximum absolute atomic E-state index is 11.3. The number of unbranched alkanes of at least 4 members (excludes halogenated alkanes) is 5. The third-order valence-electron chi connectivity index (χ3n) is 2.59. The molecule has 0 spiro atoms. The van der Waals surface area contributed by atoms with Crippen LogP contribution < -0.4 is 0 Å². The van der Waals surface area contributed by atoms with Gasteiger partial charge in [0.15, 0.2) is 0 Å². The number of carbonyl (C=O) groups excluding carboxylic acids is 2. The summed E-state index contributed by atoms with van der Waals surface area (Å²) in [5, 5.41) is 0. The maximum atomic E-state index is 11.3. The van der Waals surface area contributed by atoms with Crippen LogP contribution in [0.5, 0.6) is 0 Å². The molecule has 0 atom stereocenters. The number of ether oxygens (including phenoxy) is 2. The molecule has 0 saturated heterocycles. The molecule has 0 N–H and O–H groups in total. The van der Waals surface area contributed by atoms with Crippen LogP contribution in [0.1, 0.15) is 51.9 Å². The highest BCUT2D eigenvalue weighted by molar-refractivity contribution is 5.93. The number of hydrogen-bond acceptors (Lipinski definition) is 4. The van der Waals surface area contributed by atoms with Gasteiger partial charge in [-0.3, -0.25) is 4.79 Å². The van der Waals surface area contributed by atoms with Crippen LogP contribution in [-0.2, 0) is 19.1 Å². The van der Waals surface area contributed by atoms with Crippen molar-refractivity contribution < 1.29 is 19.1 Å². The first-order valence-corrected chi connectivity index (χ1v) is 6.53. The molecule has 0 fully saturated rings. The fraction of sp³-hybridized carbons (Fsp3) is 0.714. The van der Waals surface area contributed by atoms with Crippen LogP contribution in [0.15, 0.2) is 12.2 Å². The van der Waals surface area contributed by atoms with Gasteiger partial charge in [-0.1, -0.05) is 45.6 Å². The third kappa shape index (κ3) is 8.79. The maximum Gasteiger partial charge on any atom is 0.333 e. The van der Waals surface area contributed by atoms with Crippen molar-refractivity contribution in [2.75, 3.05) is 13.7 Å². The molecule has 0 aliphatic carbocycles. The van der Waals surface area contributed by atoms with Crippen LogP contribution >= 0.6 is 0 Å². The summed E-state index contributed by atoms with van der Waals surface area (Å²) in [6.07, 6.45) is 6.76. The first kappa shape index (κ1) is 16.7. The predicted molar refractivity (Wildman–Crippen MR) is 70.1 cm³/mol. The van der Waals surface area contributed by atoms with Gasteiger partial charge in [-0.05, 0) is 6.42 Å². The van der Waals surface area contributed by atoms with E-state index < -0.39 is 11.9 Å². The zero-order valence-electron chi connectivity index (χ0n) is 11.5. The zero-order valence-corrected chi connectivity index (χ0v) is 11.5. The van der Waals surface area contributed by atoms with Crippen LogP contribution in [-0.4, -0.2) is 25.7 Å². The Hall–Kier alpha value is -1.32. The molecule has 0 amide bonds. The standard InChI is InChI=1S/C14H24O4/c1-4-5-6-7-8-9-10-18-13(15)11-12(2)14(16)17-3/h2,4-11H2,1,3H3. The van der Waals surface area contributed by atoms with Gasteiger partial charge < -0.3 is 9.47 Å². The van der Waals surface area contributed by atoms with Crippen molar-refractivity contribution in [3.05, 3.63) is 12.2 Å². The Bertz CT molecular complexity index is 271. The molecule has 18 heavy (non-hydrogen) atoms. The first-order valence-electron chi connectivity index (χ1n) is 6.53. The second-order valence-corrected chi connectivity index (χ2v) is 4.26. The molecule has 0 radical (unpaired) electrons. The molecular weight excluding hydrogens is 232 g/mol. The fourth-order valence-corrected chi connectivity index (χ4v) is 1.51. The summed E-state index contributed by atoms with van der Waals surface area (Å²) >= 11 is 0. The zero-order chi connectivity index (χ0) is 13.8. The average molecular weight is 256 g/mol. The Kier molecular flexibility index (Phi) is 10.0. The summed E-state index contributed by atoms with van der Waals surface area (Å²) in [4.78, 5) is 22.3. The average Bonchev–Trinajstić information content (AvgIpc) is 2.36. The predicted octanol–water partition coefficient (Wildman–Crippen LogP) is 3.01. The van der Waals surface area contributed by atoms with E-state index in [-0.39, 0.29) is 12.0 Å². The molecular formula is C14H24O4. The van der Waals surface area contributed by atoms with E-state index in [0.29, 0.717) is 6.61 Å². The second kappa shape index (κ2) is 10.8. The molecule has 4 heteroatoms. The van der Waals surface area contributed by atoms with E-state index in [1.165, 1.54) is 32.8 Å². The first-order chi connectivity index (χ1) is 8.61. The molecule has 0 rings (SSSR count). The topological polar surface area (TPSA) is 52.6 Å². The van der Waals surface area contributed by atoms with Crippen molar-refractivity contribution >= 4 is 11.9 Å². The Balaban J connectivity index is 3.48. The minimum Gasteiger partial charge on any atom is -0.466 e. The molecule has 0 aromatic carbocycles. The summed E-state index contributed by atoms with van der Waals surface area (Å²) in [6.45, 7) is 6.06. The monoisotopic (exact) mass is 256 g/mol. The van der Waals surface area contributed by atoms with Gasteiger partial charge in [-0.25, -0.2) is 4.79 Å². The number of rotatable bonds is 10. The van der Waals surface area contributed by atoms with Crippen molar-refractivity contribution in [1.82, 2.24) is 0 Å². The summed E-state index contributed by atoms with van der Waals surface area (Å²) in [6, 6.07) is 0.